The number of allylic oxidation sites excluding steroid dienone is 28. The van der Waals surface area contributed by atoms with Crippen LogP contribution >= 0.6 is 0 Å². The number of hydrogen-bond acceptors (Lipinski definition) is 6. The lowest BCUT2D eigenvalue weighted by molar-refractivity contribution is -0.167. The lowest BCUT2D eigenvalue weighted by Crippen LogP contribution is -2.30. The molecule has 0 aromatic carbocycles. The van der Waals surface area contributed by atoms with Crippen LogP contribution in [0.3, 0.4) is 0 Å². The van der Waals surface area contributed by atoms with Crippen LogP contribution in [0, 0.1) is 0 Å². The first-order valence-electron chi connectivity index (χ1n) is 30.6. The number of carbonyl (C=O) groups is 3. The van der Waals surface area contributed by atoms with Gasteiger partial charge in [0.1, 0.15) is 13.2 Å². The van der Waals surface area contributed by atoms with Gasteiger partial charge in [0.25, 0.3) is 0 Å². The van der Waals surface area contributed by atoms with Gasteiger partial charge >= 0.3 is 17.9 Å². The highest BCUT2D eigenvalue weighted by atomic mass is 16.6. The van der Waals surface area contributed by atoms with E-state index < -0.39 is 6.10 Å². The molecule has 430 valence electrons. The van der Waals surface area contributed by atoms with Gasteiger partial charge in [0.2, 0.25) is 0 Å². The summed E-state index contributed by atoms with van der Waals surface area (Å²) in [6, 6.07) is 0. The van der Waals surface area contributed by atoms with E-state index in [9.17, 15) is 14.4 Å². The Hall–Kier alpha value is -5.23. The fourth-order valence-electron chi connectivity index (χ4n) is 7.72. The standard InChI is InChI=1S/C71H110O6/c1-4-7-10-13-16-19-22-25-28-31-33-35-37-40-43-46-49-52-55-58-61-64-70(73)76-67-68(66-75-69(72)63-60-57-54-51-48-45-42-39-30-27-24-21-18-15-12-9-6-3)77-71(74)65-62-59-56-53-50-47-44-41-38-36-34-32-29-26-23-20-17-14-11-8-5-2/h7-12,16-21,25-30,33-36,40,42-43,45,49,52,68H,4-6,13-15,22-24,31-32,37-39,41,44,46-48,50-51,53-67H2,1-3H3/b10-7-,11-8-,12-9-,19-16-,20-17-,21-18-,28-25-,29-26-,30-27-,35-33-,36-34-,43-40-,45-42-,52-49-. The summed E-state index contributed by atoms with van der Waals surface area (Å²) in [5.74, 6) is -0.997. The molecule has 1 unspecified atom stereocenters. The number of hydrogen-bond donors (Lipinski definition) is 0. The van der Waals surface area contributed by atoms with E-state index in [4.69, 9.17) is 14.2 Å². The average molecular weight is 1060 g/mol. The van der Waals surface area contributed by atoms with E-state index in [0.29, 0.717) is 19.3 Å². The molecule has 0 aliphatic rings. The Morgan fingerprint density at radius 3 is 0.753 bits per heavy atom. The molecule has 0 N–H and O–H groups in total. The van der Waals surface area contributed by atoms with Gasteiger partial charge < -0.3 is 14.2 Å². The second kappa shape index (κ2) is 63.3. The van der Waals surface area contributed by atoms with Crippen molar-refractivity contribution < 1.29 is 28.6 Å². The summed E-state index contributed by atoms with van der Waals surface area (Å²) in [6.07, 6.45) is 93.4. The summed E-state index contributed by atoms with van der Waals surface area (Å²) in [6.45, 7) is 6.23. The molecule has 0 heterocycles. The van der Waals surface area contributed by atoms with E-state index in [1.54, 1.807) is 0 Å². The van der Waals surface area contributed by atoms with Crippen molar-refractivity contribution in [3.05, 3.63) is 170 Å². The summed E-state index contributed by atoms with van der Waals surface area (Å²) in [4.78, 5) is 38.3. The molecule has 0 aromatic heterocycles. The number of rotatable bonds is 53. The molecular weight excluding hydrogens is 949 g/mol. The monoisotopic (exact) mass is 1060 g/mol. The minimum Gasteiger partial charge on any atom is -0.462 e. The second-order valence-electron chi connectivity index (χ2n) is 19.5. The van der Waals surface area contributed by atoms with Gasteiger partial charge in [0.15, 0.2) is 6.10 Å². The van der Waals surface area contributed by atoms with Gasteiger partial charge in [-0.3, -0.25) is 14.4 Å². The van der Waals surface area contributed by atoms with Crippen molar-refractivity contribution in [3.63, 3.8) is 0 Å². The van der Waals surface area contributed by atoms with Crippen LogP contribution in [0.2, 0.25) is 0 Å². The van der Waals surface area contributed by atoms with E-state index in [1.165, 1.54) is 32.1 Å². The van der Waals surface area contributed by atoms with Crippen LogP contribution in [0.5, 0.6) is 0 Å². The smallest absolute Gasteiger partial charge is 0.306 e. The van der Waals surface area contributed by atoms with Crippen LogP contribution < -0.4 is 0 Å². The summed E-state index contributed by atoms with van der Waals surface area (Å²) in [7, 11) is 0. The van der Waals surface area contributed by atoms with Gasteiger partial charge in [-0.05, 0) is 148 Å². The van der Waals surface area contributed by atoms with Crippen LogP contribution in [-0.4, -0.2) is 37.2 Å². The maximum atomic E-state index is 12.9. The molecule has 1 atom stereocenters. The second-order valence-corrected chi connectivity index (χ2v) is 19.5. The van der Waals surface area contributed by atoms with Crippen molar-refractivity contribution in [2.45, 2.75) is 245 Å². The molecule has 6 heteroatoms. The first kappa shape index (κ1) is 71.8. The summed E-state index contributed by atoms with van der Waals surface area (Å²) in [5.41, 5.74) is 0. The maximum Gasteiger partial charge on any atom is 0.306 e. The molecule has 0 aromatic rings. The minimum atomic E-state index is -0.822. The normalized spacial score (nSPS) is 13.3. The number of carbonyl (C=O) groups excluding carboxylic acids is 3. The summed E-state index contributed by atoms with van der Waals surface area (Å²) in [5, 5.41) is 0. The Balaban J connectivity index is 4.56. The largest absolute Gasteiger partial charge is 0.462 e. The lowest BCUT2D eigenvalue weighted by Gasteiger charge is -2.18. The first-order chi connectivity index (χ1) is 38.0. The van der Waals surface area contributed by atoms with Gasteiger partial charge in [-0.15, -0.1) is 0 Å². The van der Waals surface area contributed by atoms with Crippen molar-refractivity contribution in [2.24, 2.45) is 0 Å². The molecule has 0 spiro atoms. The third-order valence-electron chi connectivity index (χ3n) is 12.2. The van der Waals surface area contributed by atoms with Crippen molar-refractivity contribution >= 4 is 17.9 Å². The zero-order chi connectivity index (χ0) is 55.7. The molecule has 0 aliphatic heterocycles. The first-order valence-corrected chi connectivity index (χ1v) is 30.6. The van der Waals surface area contributed by atoms with Gasteiger partial charge in [-0.25, -0.2) is 0 Å². The number of unbranched alkanes of at least 4 members (excludes halogenated alkanes) is 14. The van der Waals surface area contributed by atoms with E-state index in [-0.39, 0.29) is 37.5 Å². The predicted octanol–water partition coefficient (Wildman–Crippen LogP) is 21.1. The highest BCUT2D eigenvalue weighted by Gasteiger charge is 2.19. The minimum absolute atomic E-state index is 0.116. The molecule has 0 amide bonds. The molecule has 0 fully saturated rings. The van der Waals surface area contributed by atoms with Crippen molar-refractivity contribution in [1.82, 2.24) is 0 Å². The van der Waals surface area contributed by atoms with Crippen LogP contribution in [-0.2, 0) is 28.6 Å². The predicted molar refractivity (Wildman–Crippen MR) is 334 cm³/mol. The SMILES string of the molecule is CC/C=C\C/C=C\C/C=C\C/C=C\C/C=C\C/C=C\CCCCC(=O)OCC(COC(=O)CCCCCC/C=C\C/C=C\C/C=C\C/C=C\CC)OC(=O)CCCCCCCCCC/C=C\C/C=C\C/C=C\C/C=C\CC. The van der Waals surface area contributed by atoms with Crippen LogP contribution in [0.25, 0.3) is 0 Å². The fourth-order valence-corrected chi connectivity index (χ4v) is 7.72. The average Bonchev–Trinajstić information content (AvgIpc) is 3.43. The fraction of sp³-hybridized carbons (Fsp3) is 0.563. The van der Waals surface area contributed by atoms with Gasteiger partial charge in [0.05, 0.1) is 0 Å². The van der Waals surface area contributed by atoms with E-state index in [1.807, 2.05) is 0 Å². The molecule has 0 aliphatic carbocycles. The lowest BCUT2D eigenvalue weighted by atomic mass is 10.1. The van der Waals surface area contributed by atoms with Crippen LogP contribution in [0.4, 0.5) is 0 Å². The van der Waals surface area contributed by atoms with Crippen LogP contribution in [0.1, 0.15) is 239 Å². The number of ether oxygens (including phenoxy) is 3. The molecule has 0 bridgehead atoms. The summed E-state index contributed by atoms with van der Waals surface area (Å²) >= 11 is 0. The highest BCUT2D eigenvalue weighted by molar-refractivity contribution is 5.71. The third-order valence-corrected chi connectivity index (χ3v) is 12.2. The number of esters is 3. The Labute approximate surface area is 472 Å². The molecule has 0 saturated carbocycles. The third kappa shape index (κ3) is 61.5. The Bertz CT molecular complexity index is 1790. The Morgan fingerprint density at radius 1 is 0.260 bits per heavy atom. The van der Waals surface area contributed by atoms with Gasteiger partial charge in [-0.2, -0.15) is 0 Å². The van der Waals surface area contributed by atoms with Gasteiger partial charge in [-0.1, -0.05) is 242 Å². The molecule has 0 saturated heterocycles. The van der Waals surface area contributed by atoms with Gasteiger partial charge in [0, 0.05) is 19.3 Å². The Kier molecular flexibility index (Phi) is 59.0. The van der Waals surface area contributed by atoms with E-state index in [2.05, 4.69) is 191 Å². The highest BCUT2D eigenvalue weighted by Crippen LogP contribution is 2.14. The topological polar surface area (TPSA) is 78.9 Å². The maximum absolute atomic E-state index is 12.9. The zero-order valence-electron chi connectivity index (χ0n) is 49.1. The zero-order valence-corrected chi connectivity index (χ0v) is 49.1. The van der Waals surface area contributed by atoms with E-state index >= 15 is 0 Å². The van der Waals surface area contributed by atoms with E-state index in [0.717, 1.165) is 161 Å². The quantitative estimate of drug-likeness (QED) is 0.0261. The molecule has 77 heavy (non-hydrogen) atoms. The molecular formula is C71H110O6. The van der Waals surface area contributed by atoms with Crippen molar-refractivity contribution in [1.29, 1.82) is 0 Å². The van der Waals surface area contributed by atoms with Crippen LogP contribution in [0.15, 0.2) is 170 Å². The molecule has 0 rings (SSSR count). The summed E-state index contributed by atoms with van der Waals surface area (Å²) < 4.78 is 16.9. The van der Waals surface area contributed by atoms with Crippen molar-refractivity contribution in [3.8, 4) is 0 Å². The molecule has 6 nitrogen and oxygen atoms in total. The Morgan fingerprint density at radius 2 is 0.468 bits per heavy atom. The van der Waals surface area contributed by atoms with Crippen molar-refractivity contribution in [2.75, 3.05) is 13.2 Å². The molecule has 0 radical (unpaired) electrons.